The second-order valence-corrected chi connectivity index (χ2v) is 7.66. The van der Waals surface area contributed by atoms with Crippen LogP contribution in [-0.4, -0.2) is 29.4 Å². The Labute approximate surface area is 186 Å². The fourth-order valence-electron chi connectivity index (χ4n) is 3.58. The van der Waals surface area contributed by atoms with E-state index < -0.39 is 5.91 Å². The van der Waals surface area contributed by atoms with Gasteiger partial charge >= 0.3 is 0 Å². The van der Waals surface area contributed by atoms with E-state index in [0.29, 0.717) is 23.6 Å². The summed E-state index contributed by atoms with van der Waals surface area (Å²) in [4.78, 5) is 28.3. The predicted molar refractivity (Wildman–Crippen MR) is 126 cm³/mol. The van der Waals surface area contributed by atoms with Gasteiger partial charge in [0.05, 0.1) is 17.3 Å². The molecule has 8 heteroatoms. The molecule has 0 bridgehead atoms. The van der Waals surface area contributed by atoms with Crippen molar-refractivity contribution in [2.24, 2.45) is 5.73 Å². The Hall–Kier alpha value is -3.91. The van der Waals surface area contributed by atoms with E-state index in [1.54, 1.807) is 6.07 Å². The maximum absolute atomic E-state index is 12.2. The molecule has 0 unspecified atom stereocenters. The first-order valence-corrected chi connectivity index (χ1v) is 10.6. The molecule has 0 aliphatic carbocycles. The number of carbonyl (C=O) groups is 2. The van der Waals surface area contributed by atoms with Crippen LogP contribution in [0.4, 0.5) is 22.9 Å². The zero-order valence-electron chi connectivity index (χ0n) is 17.6. The van der Waals surface area contributed by atoms with Crippen LogP contribution in [-0.2, 0) is 11.3 Å². The third-order valence-corrected chi connectivity index (χ3v) is 5.30. The van der Waals surface area contributed by atoms with Gasteiger partial charge in [-0.2, -0.15) is 0 Å². The largest absolute Gasteiger partial charge is 0.380 e. The molecule has 2 heterocycles. The average molecular weight is 431 g/mol. The van der Waals surface area contributed by atoms with E-state index in [1.807, 2.05) is 54.6 Å². The van der Waals surface area contributed by atoms with Gasteiger partial charge in [0, 0.05) is 30.2 Å². The van der Waals surface area contributed by atoms with E-state index in [9.17, 15) is 9.59 Å². The van der Waals surface area contributed by atoms with Gasteiger partial charge in [-0.3, -0.25) is 9.59 Å². The van der Waals surface area contributed by atoms with Gasteiger partial charge in [0.2, 0.25) is 5.91 Å². The lowest BCUT2D eigenvalue weighted by Gasteiger charge is -2.14. The van der Waals surface area contributed by atoms with Crippen LogP contribution >= 0.6 is 0 Å². The summed E-state index contributed by atoms with van der Waals surface area (Å²) < 4.78 is 0. The van der Waals surface area contributed by atoms with Crippen molar-refractivity contribution in [3.8, 4) is 0 Å². The molecular formula is C24H26N6O2. The van der Waals surface area contributed by atoms with Crippen molar-refractivity contribution in [1.29, 1.82) is 0 Å². The van der Waals surface area contributed by atoms with E-state index >= 15 is 0 Å². The Balaban J connectivity index is 1.42. The van der Waals surface area contributed by atoms with Crippen molar-refractivity contribution in [1.82, 2.24) is 10.3 Å². The number of nitrogens with zero attached hydrogens (tertiary/aromatic N) is 1. The number of carbonyl (C=O) groups excluding carboxylic acids is 2. The van der Waals surface area contributed by atoms with Crippen LogP contribution in [0.15, 0.2) is 66.9 Å². The monoisotopic (exact) mass is 430 g/mol. The molecule has 1 aromatic heterocycles. The maximum atomic E-state index is 12.2. The summed E-state index contributed by atoms with van der Waals surface area (Å²) >= 11 is 0. The van der Waals surface area contributed by atoms with Gasteiger partial charge in [0.1, 0.15) is 5.82 Å². The molecule has 1 saturated heterocycles. The summed E-state index contributed by atoms with van der Waals surface area (Å²) in [5.74, 6) is 0.00927. The standard InChI is InChI=1S/C24H26N6O2/c25-23(31)19-15-28-22(13-21(19)27-14-16-5-2-1-3-6-16)29-17-8-10-18(11-9-17)30-24(32)20-7-4-12-26-20/h1-3,5-6,8-11,13,15,20,26H,4,7,12,14H2,(H2,25,31)(H,30,32)(H2,27,28,29)/t20-/m1/s1. The Morgan fingerprint density at radius 2 is 1.81 bits per heavy atom. The predicted octanol–water partition coefficient (Wildman–Crippen LogP) is 3.23. The second-order valence-electron chi connectivity index (χ2n) is 7.66. The van der Waals surface area contributed by atoms with Crippen molar-refractivity contribution < 1.29 is 9.59 Å². The molecule has 8 nitrogen and oxygen atoms in total. The van der Waals surface area contributed by atoms with Gasteiger partial charge in [0.25, 0.3) is 5.91 Å². The third-order valence-electron chi connectivity index (χ3n) is 5.30. The van der Waals surface area contributed by atoms with Gasteiger partial charge in [-0.05, 0) is 49.2 Å². The molecule has 1 fully saturated rings. The highest BCUT2D eigenvalue weighted by atomic mass is 16.2. The van der Waals surface area contributed by atoms with Crippen molar-refractivity contribution in [2.75, 3.05) is 22.5 Å². The molecule has 3 aromatic rings. The van der Waals surface area contributed by atoms with Gasteiger partial charge in [-0.15, -0.1) is 0 Å². The minimum atomic E-state index is -0.545. The van der Waals surface area contributed by atoms with Crippen molar-refractivity contribution in [3.05, 3.63) is 78.0 Å². The SMILES string of the molecule is NC(=O)c1cnc(Nc2ccc(NC(=O)[C@H]3CCCN3)cc2)cc1NCc1ccccc1. The first-order chi connectivity index (χ1) is 15.6. The van der Waals surface area contributed by atoms with E-state index in [0.717, 1.165) is 36.3 Å². The highest BCUT2D eigenvalue weighted by Crippen LogP contribution is 2.23. The highest BCUT2D eigenvalue weighted by Gasteiger charge is 2.21. The van der Waals surface area contributed by atoms with E-state index in [2.05, 4.69) is 26.3 Å². The molecule has 0 saturated carbocycles. The zero-order valence-corrected chi connectivity index (χ0v) is 17.6. The topological polar surface area (TPSA) is 121 Å². The molecule has 2 aromatic carbocycles. The Kier molecular flexibility index (Phi) is 6.62. The Bertz CT molecular complexity index is 1080. The third kappa shape index (κ3) is 5.41. The van der Waals surface area contributed by atoms with E-state index in [1.165, 1.54) is 6.20 Å². The summed E-state index contributed by atoms with van der Waals surface area (Å²) in [6, 6.07) is 18.9. The number of nitrogens with two attached hydrogens (primary N) is 1. The minimum absolute atomic E-state index is 0.0129. The number of benzene rings is 2. The molecular weight excluding hydrogens is 404 g/mol. The highest BCUT2D eigenvalue weighted by molar-refractivity contribution is 5.98. The number of rotatable bonds is 8. The lowest BCUT2D eigenvalue weighted by molar-refractivity contribution is -0.117. The van der Waals surface area contributed by atoms with Crippen molar-refractivity contribution in [2.45, 2.75) is 25.4 Å². The molecule has 0 spiro atoms. The smallest absolute Gasteiger partial charge is 0.252 e. The van der Waals surface area contributed by atoms with Gasteiger partial charge < -0.3 is 27.0 Å². The van der Waals surface area contributed by atoms with Crippen LogP contribution < -0.4 is 27.0 Å². The molecule has 0 radical (unpaired) electrons. The van der Waals surface area contributed by atoms with Gasteiger partial charge in [-0.25, -0.2) is 4.98 Å². The van der Waals surface area contributed by atoms with Crippen LogP contribution in [0, 0.1) is 0 Å². The van der Waals surface area contributed by atoms with Crippen molar-refractivity contribution in [3.63, 3.8) is 0 Å². The average Bonchev–Trinajstić information content (AvgIpc) is 3.35. The second kappa shape index (κ2) is 9.93. The summed E-state index contributed by atoms with van der Waals surface area (Å²) in [5.41, 5.74) is 9.05. The number of primary amides is 1. The zero-order chi connectivity index (χ0) is 22.3. The molecule has 6 N–H and O–H groups in total. The molecule has 164 valence electrons. The first kappa shape index (κ1) is 21.3. The lowest BCUT2D eigenvalue weighted by Crippen LogP contribution is -2.35. The van der Waals surface area contributed by atoms with Crippen LogP contribution in [0.5, 0.6) is 0 Å². The lowest BCUT2D eigenvalue weighted by atomic mass is 10.2. The molecule has 1 aliphatic rings. The number of anilines is 4. The van der Waals surface area contributed by atoms with E-state index in [-0.39, 0.29) is 11.9 Å². The number of amides is 2. The van der Waals surface area contributed by atoms with Crippen LogP contribution in [0.3, 0.4) is 0 Å². The molecule has 32 heavy (non-hydrogen) atoms. The molecule has 2 amide bonds. The fraction of sp³-hybridized carbons (Fsp3) is 0.208. The number of aromatic nitrogens is 1. The molecule has 1 atom stereocenters. The Morgan fingerprint density at radius 3 is 2.50 bits per heavy atom. The quantitative estimate of drug-likeness (QED) is 0.374. The molecule has 1 aliphatic heterocycles. The maximum Gasteiger partial charge on any atom is 0.252 e. The fourth-order valence-corrected chi connectivity index (χ4v) is 3.58. The molecule has 4 rings (SSSR count). The number of nitrogens with one attached hydrogen (secondary N) is 4. The number of hydrogen-bond donors (Lipinski definition) is 5. The Morgan fingerprint density at radius 1 is 1.06 bits per heavy atom. The normalized spacial score (nSPS) is 15.2. The number of pyridine rings is 1. The minimum Gasteiger partial charge on any atom is -0.380 e. The summed E-state index contributed by atoms with van der Waals surface area (Å²) in [5, 5.41) is 12.6. The van der Waals surface area contributed by atoms with Crippen LogP contribution in [0.2, 0.25) is 0 Å². The van der Waals surface area contributed by atoms with E-state index in [4.69, 9.17) is 5.73 Å². The van der Waals surface area contributed by atoms with Gasteiger partial charge in [0.15, 0.2) is 0 Å². The van der Waals surface area contributed by atoms with Crippen LogP contribution in [0.1, 0.15) is 28.8 Å². The van der Waals surface area contributed by atoms with Crippen LogP contribution in [0.25, 0.3) is 0 Å². The first-order valence-electron chi connectivity index (χ1n) is 10.6. The van der Waals surface area contributed by atoms with Gasteiger partial charge in [-0.1, -0.05) is 30.3 Å². The summed E-state index contributed by atoms with van der Waals surface area (Å²) in [6.07, 6.45) is 3.34. The summed E-state index contributed by atoms with van der Waals surface area (Å²) in [6.45, 7) is 1.43. The number of hydrogen-bond acceptors (Lipinski definition) is 6. The van der Waals surface area contributed by atoms with Crippen molar-refractivity contribution >= 4 is 34.7 Å². The summed E-state index contributed by atoms with van der Waals surface area (Å²) in [7, 11) is 0.